The van der Waals surface area contributed by atoms with Gasteiger partial charge in [-0.3, -0.25) is 4.79 Å². The summed E-state index contributed by atoms with van der Waals surface area (Å²) in [6, 6.07) is 9.67. The number of sulfonamides is 1. The highest BCUT2D eigenvalue weighted by Crippen LogP contribution is 2.20. The lowest BCUT2D eigenvalue weighted by Gasteiger charge is -2.15. The van der Waals surface area contributed by atoms with Crippen LogP contribution in [0, 0.1) is 5.82 Å². The molecule has 0 aromatic heterocycles. The second-order valence-electron chi connectivity index (χ2n) is 5.28. The highest BCUT2D eigenvalue weighted by molar-refractivity contribution is 7.89. The molecule has 0 aliphatic heterocycles. The highest BCUT2D eigenvalue weighted by atomic mass is 35.5. The smallest absolute Gasteiger partial charge is 0.238 e. The van der Waals surface area contributed by atoms with Gasteiger partial charge in [0.1, 0.15) is 5.82 Å². The van der Waals surface area contributed by atoms with Crippen LogP contribution in [0.25, 0.3) is 0 Å². The maximum Gasteiger partial charge on any atom is 0.238 e. The number of carbonyl (C=O) groups excluding carboxylic acids is 1. The Morgan fingerprint density at radius 1 is 1.25 bits per heavy atom. The summed E-state index contributed by atoms with van der Waals surface area (Å²) in [6.07, 6.45) is -0.189. The van der Waals surface area contributed by atoms with E-state index in [0.717, 1.165) is 0 Å². The zero-order valence-corrected chi connectivity index (χ0v) is 14.4. The number of nitrogens with one attached hydrogen (secondary N) is 1. The van der Waals surface area contributed by atoms with Crippen molar-refractivity contribution in [2.75, 3.05) is 0 Å². The van der Waals surface area contributed by atoms with Crippen molar-refractivity contribution >= 4 is 27.5 Å². The lowest BCUT2D eigenvalue weighted by molar-refractivity contribution is -0.121. The lowest BCUT2D eigenvalue weighted by Crippen LogP contribution is -2.28. The number of halogens is 2. The summed E-state index contributed by atoms with van der Waals surface area (Å²) in [5.74, 6) is -0.937. The van der Waals surface area contributed by atoms with Gasteiger partial charge in [-0.25, -0.2) is 17.9 Å². The largest absolute Gasteiger partial charge is 0.349 e. The Kier molecular flexibility index (Phi) is 5.58. The fourth-order valence-corrected chi connectivity index (χ4v) is 2.93. The van der Waals surface area contributed by atoms with E-state index in [1.807, 2.05) is 0 Å². The van der Waals surface area contributed by atoms with E-state index in [4.69, 9.17) is 16.7 Å². The number of nitrogens with two attached hydrogens (primary N) is 1. The molecule has 3 N–H and O–H groups in total. The topological polar surface area (TPSA) is 89.3 Å². The zero-order chi connectivity index (χ0) is 17.9. The van der Waals surface area contributed by atoms with Gasteiger partial charge in [-0.2, -0.15) is 0 Å². The van der Waals surface area contributed by atoms with Crippen LogP contribution in [-0.4, -0.2) is 14.3 Å². The van der Waals surface area contributed by atoms with Crippen LogP contribution in [0.4, 0.5) is 4.39 Å². The van der Waals surface area contributed by atoms with Crippen LogP contribution in [-0.2, 0) is 21.2 Å². The van der Waals surface area contributed by atoms with Crippen molar-refractivity contribution in [3.63, 3.8) is 0 Å². The Hall–Kier alpha value is -1.96. The predicted octanol–water partition coefficient (Wildman–Crippen LogP) is 2.55. The first-order valence-corrected chi connectivity index (χ1v) is 8.96. The van der Waals surface area contributed by atoms with Crippen LogP contribution < -0.4 is 10.5 Å². The van der Waals surface area contributed by atoms with Gasteiger partial charge in [0.05, 0.1) is 17.4 Å². The number of hydrogen-bond acceptors (Lipinski definition) is 3. The van der Waals surface area contributed by atoms with Gasteiger partial charge < -0.3 is 5.32 Å². The second kappa shape index (κ2) is 7.29. The van der Waals surface area contributed by atoms with Crippen molar-refractivity contribution in [3.05, 3.63) is 64.4 Å². The number of amides is 1. The van der Waals surface area contributed by atoms with Crippen molar-refractivity contribution in [2.24, 2.45) is 5.14 Å². The van der Waals surface area contributed by atoms with Crippen LogP contribution in [0.3, 0.4) is 0 Å². The van der Waals surface area contributed by atoms with Gasteiger partial charge in [0, 0.05) is 10.6 Å². The fraction of sp³-hybridized carbons (Fsp3) is 0.188. The fourth-order valence-electron chi connectivity index (χ4n) is 2.18. The molecule has 8 heteroatoms. The van der Waals surface area contributed by atoms with E-state index in [1.165, 1.54) is 30.3 Å². The van der Waals surface area contributed by atoms with E-state index < -0.39 is 27.8 Å². The quantitative estimate of drug-likeness (QED) is 0.847. The normalized spacial score (nSPS) is 12.7. The number of carbonyl (C=O) groups is 1. The molecule has 1 amide bonds. The molecule has 2 aromatic carbocycles. The minimum absolute atomic E-state index is 0.0112. The zero-order valence-electron chi connectivity index (χ0n) is 12.8. The number of primary sulfonamides is 1. The Morgan fingerprint density at radius 2 is 1.88 bits per heavy atom. The Morgan fingerprint density at radius 3 is 2.42 bits per heavy atom. The molecule has 0 unspecified atom stereocenters. The molecule has 1 atom stereocenters. The van der Waals surface area contributed by atoms with Gasteiger partial charge in [-0.1, -0.05) is 29.8 Å². The summed E-state index contributed by atoms with van der Waals surface area (Å²) in [7, 11) is -3.76. The van der Waals surface area contributed by atoms with E-state index in [-0.39, 0.29) is 21.9 Å². The Bertz CT molecular complexity index is 834. The molecule has 0 heterocycles. The summed E-state index contributed by atoms with van der Waals surface area (Å²) >= 11 is 5.90. The maximum absolute atomic E-state index is 13.7. The van der Waals surface area contributed by atoms with Crippen molar-refractivity contribution < 1.29 is 17.6 Å². The van der Waals surface area contributed by atoms with Crippen LogP contribution in [0.5, 0.6) is 0 Å². The van der Waals surface area contributed by atoms with Gasteiger partial charge in [-0.15, -0.1) is 0 Å². The van der Waals surface area contributed by atoms with E-state index in [0.29, 0.717) is 5.56 Å². The Balaban J connectivity index is 2.06. The third-order valence-corrected chi connectivity index (χ3v) is 4.77. The molecule has 2 rings (SSSR count). The summed E-state index contributed by atoms with van der Waals surface area (Å²) in [4.78, 5) is 12.1. The Labute approximate surface area is 144 Å². The van der Waals surface area contributed by atoms with Gasteiger partial charge in [-0.05, 0) is 36.8 Å². The lowest BCUT2D eigenvalue weighted by atomic mass is 10.1. The number of hydrogen-bond donors (Lipinski definition) is 2. The molecule has 2 aromatic rings. The summed E-state index contributed by atoms with van der Waals surface area (Å²) in [5, 5.41) is 7.93. The monoisotopic (exact) mass is 370 g/mol. The standard InChI is InChI=1S/C16H16ClFN2O3S/c1-10(11-5-7-12(8-6-11)24(19,22)23)20-16(21)9-13-14(17)3-2-4-15(13)18/h2-8,10H,9H2,1H3,(H,20,21)(H2,19,22,23)/t10-/m1/s1. The van der Waals surface area contributed by atoms with Crippen molar-refractivity contribution in [3.8, 4) is 0 Å². The number of rotatable bonds is 5. The molecule has 0 fully saturated rings. The van der Waals surface area contributed by atoms with Crippen molar-refractivity contribution in [2.45, 2.75) is 24.3 Å². The van der Waals surface area contributed by atoms with Gasteiger partial charge in [0.15, 0.2) is 0 Å². The predicted molar refractivity (Wildman–Crippen MR) is 89.5 cm³/mol. The first-order chi connectivity index (χ1) is 11.2. The molecule has 0 radical (unpaired) electrons. The van der Waals surface area contributed by atoms with Crippen LogP contribution in [0.1, 0.15) is 24.1 Å². The second-order valence-corrected chi connectivity index (χ2v) is 7.25. The van der Waals surface area contributed by atoms with Gasteiger partial charge >= 0.3 is 0 Å². The van der Waals surface area contributed by atoms with E-state index in [1.54, 1.807) is 19.1 Å². The molecule has 0 saturated carbocycles. The molecule has 24 heavy (non-hydrogen) atoms. The summed E-state index contributed by atoms with van der Waals surface area (Å²) in [6.45, 7) is 1.73. The molecular formula is C16H16ClFN2O3S. The average Bonchev–Trinajstić information content (AvgIpc) is 2.50. The summed E-state index contributed by atoms with van der Waals surface area (Å²) < 4.78 is 36.1. The van der Waals surface area contributed by atoms with Crippen LogP contribution >= 0.6 is 11.6 Å². The van der Waals surface area contributed by atoms with E-state index >= 15 is 0 Å². The van der Waals surface area contributed by atoms with Gasteiger partial charge in [0.2, 0.25) is 15.9 Å². The maximum atomic E-state index is 13.7. The molecule has 0 bridgehead atoms. The average molecular weight is 371 g/mol. The first kappa shape index (κ1) is 18.4. The molecule has 0 aliphatic rings. The molecule has 128 valence electrons. The van der Waals surface area contributed by atoms with Crippen molar-refractivity contribution in [1.82, 2.24) is 5.32 Å². The molecule has 0 aliphatic carbocycles. The molecule has 0 saturated heterocycles. The molecular weight excluding hydrogens is 355 g/mol. The minimum Gasteiger partial charge on any atom is -0.349 e. The summed E-state index contributed by atoms with van der Waals surface area (Å²) in [5.41, 5.74) is 0.823. The van der Waals surface area contributed by atoms with E-state index in [9.17, 15) is 17.6 Å². The van der Waals surface area contributed by atoms with Gasteiger partial charge in [0.25, 0.3) is 0 Å². The SMILES string of the molecule is C[C@@H](NC(=O)Cc1c(F)cccc1Cl)c1ccc(S(N)(=O)=O)cc1. The highest BCUT2D eigenvalue weighted by Gasteiger charge is 2.15. The number of benzene rings is 2. The first-order valence-electron chi connectivity index (χ1n) is 7.03. The minimum atomic E-state index is -3.76. The van der Waals surface area contributed by atoms with Crippen LogP contribution in [0.15, 0.2) is 47.4 Å². The van der Waals surface area contributed by atoms with Crippen LogP contribution in [0.2, 0.25) is 5.02 Å². The third-order valence-electron chi connectivity index (χ3n) is 3.49. The molecule has 5 nitrogen and oxygen atoms in total. The molecule has 0 spiro atoms. The van der Waals surface area contributed by atoms with Crippen molar-refractivity contribution in [1.29, 1.82) is 0 Å². The third kappa shape index (κ3) is 4.53. The van der Waals surface area contributed by atoms with E-state index in [2.05, 4.69) is 5.32 Å².